The fourth-order valence-corrected chi connectivity index (χ4v) is 2.01. The normalized spacial score (nSPS) is 11.6. The molecule has 0 bridgehead atoms. The number of aliphatic hydroxyl groups excluding tert-OH is 1. The highest BCUT2D eigenvalue weighted by molar-refractivity contribution is 6.05. The number of aromatic amines is 1. The van der Waals surface area contributed by atoms with Crippen LogP contribution in [0.4, 0.5) is 0 Å². The lowest BCUT2D eigenvalue weighted by atomic mass is 10.1. The number of carbonyl (C=O) groups excluding carboxylic acids is 1. The monoisotopic (exact) mass is 311 g/mol. The van der Waals surface area contributed by atoms with Crippen molar-refractivity contribution >= 4 is 11.5 Å². The van der Waals surface area contributed by atoms with Gasteiger partial charge in [0.1, 0.15) is 17.8 Å². The number of allylic oxidation sites excluding steroid dienone is 1. The van der Waals surface area contributed by atoms with E-state index < -0.39 is 5.78 Å². The van der Waals surface area contributed by atoms with Crippen LogP contribution in [0.25, 0.3) is 5.76 Å². The molecule has 0 aliphatic rings. The van der Waals surface area contributed by atoms with E-state index in [1.54, 1.807) is 36.4 Å². The van der Waals surface area contributed by atoms with E-state index in [0.29, 0.717) is 12.2 Å². The molecule has 0 aliphatic heterocycles. The number of carbonyl (C=O) groups is 1. The van der Waals surface area contributed by atoms with Crippen molar-refractivity contribution in [1.29, 1.82) is 0 Å². The van der Waals surface area contributed by atoms with E-state index in [9.17, 15) is 15.0 Å². The highest BCUT2D eigenvalue weighted by Gasteiger charge is 2.13. The molecule has 7 nitrogen and oxygen atoms in total. The van der Waals surface area contributed by atoms with Gasteiger partial charge in [-0.25, -0.2) is 4.98 Å². The Bertz CT molecular complexity index is 833. The van der Waals surface area contributed by atoms with Crippen LogP contribution in [0, 0.1) is 0 Å². The molecule has 3 N–H and O–H groups in total. The average Bonchev–Trinajstić information content (AvgIpc) is 3.21. The summed E-state index contributed by atoms with van der Waals surface area (Å²) < 4.78 is 5.48. The van der Waals surface area contributed by atoms with Crippen LogP contribution < -0.4 is 0 Å². The van der Waals surface area contributed by atoms with Gasteiger partial charge in [0, 0.05) is 12.5 Å². The fourth-order valence-electron chi connectivity index (χ4n) is 2.01. The Labute approximate surface area is 130 Å². The summed E-state index contributed by atoms with van der Waals surface area (Å²) in [6.07, 6.45) is 2.79. The third-order valence-corrected chi connectivity index (χ3v) is 3.13. The third kappa shape index (κ3) is 3.46. The number of aliphatic hydroxyl groups is 1. The maximum atomic E-state index is 12.0. The zero-order chi connectivity index (χ0) is 16.2. The van der Waals surface area contributed by atoms with Gasteiger partial charge in [-0.15, -0.1) is 0 Å². The molecule has 0 amide bonds. The van der Waals surface area contributed by atoms with E-state index in [1.165, 1.54) is 6.33 Å². The number of phenolic OH excluding ortho intramolecular Hbond substituents is 1. The van der Waals surface area contributed by atoms with Gasteiger partial charge in [0.2, 0.25) is 11.6 Å². The minimum Gasteiger partial charge on any atom is -0.508 e. The molecule has 0 saturated heterocycles. The SMILES string of the molecule is O=C(C=C(O)c1nc[nH]n1)c1ccc(Cc2ccc(O)cc2)o1. The molecule has 0 spiro atoms. The Morgan fingerprint density at radius 2 is 2.00 bits per heavy atom. The van der Waals surface area contributed by atoms with Crippen LogP contribution in [0.5, 0.6) is 5.75 Å². The third-order valence-electron chi connectivity index (χ3n) is 3.13. The van der Waals surface area contributed by atoms with Crippen molar-refractivity contribution in [3.8, 4) is 5.75 Å². The van der Waals surface area contributed by atoms with Crippen molar-refractivity contribution in [2.24, 2.45) is 0 Å². The lowest BCUT2D eigenvalue weighted by molar-refractivity contribution is 0.101. The molecule has 2 heterocycles. The Morgan fingerprint density at radius 1 is 1.22 bits per heavy atom. The first-order valence-corrected chi connectivity index (χ1v) is 6.79. The number of hydrogen-bond acceptors (Lipinski definition) is 6. The summed E-state index contributed by atoms with van der Waals surface area (Å²) in [5, 5.41) is 25.1. The van der Waals surface area contributed by atoms with Crippen LogP contribution in [0.3, 0.4) is 0 Å². The predicted octanol–water partition coefficient (Wildman–Crippen LogP) is 2.48. The molecule has 0 unspecified atom stereocenters. The van der Waals surface area contributed by atoms with Gasteiger partial charge >= 0.3 is 0 Å². The first-order valence-electron chi connectivity index (χ1n) is 6.79. The summed E-state index contributed by atoms with van der Waals surface area (Å²) in [6.45, 7) is 0. The molecule has 0 fully saturated rings. The van der Waals surface area contributed by atoms with Crippen molar-refractivity contribution in [2.75, 3.05) is 0 Å². The zero-order valence-corrected chi connectivity index (χ0v) is 11.9. The van der Waals surface area contributed by atoms with E-state index in [4.69, 9.17) is 4.42 Å². The summed E-state index contributed by atoms with van der Waals surface area (Å²) in [7, 11) is 0. The van der Waals surface area contributed by atoms with E-state index >= 15 is 0 Å². The summed E-state index contributed by atoms with van der Waals surface area (Å²) in [5.41, 5.74) is 0.940. The molecule has 0 atom stereocenters. The zero-order valence-electron chi connectivity index (χ0n) is 11.9. The first-order chi connectivity index (χ1) is 11.1. The average molecular weight is 311 g/mol. The molecule has 7 heteroatoms. The lowest BCUT2D eigenvalue weighted by Crippen LogP contribution is -1.96. The van der Waals surface area contributed by atoms with Crippen LogP contribution in [0.15, 0.2) is 53.2 Å². The van der Waals surface area contributed by atoms with Gasteiger partial charge in [0.15, 0.2) is 11.5 Å². The molecular formula is C16H13N3O4. The minimum absolute atomic E-state index is 0.0363. The molecule has 2 aromatic heterocycles. The number of benzene rings is 1. The van der Waals surface area contributed by atoms with E-state index in [0.717, 1.165) is 11.6 Å². The Balaban J connectivity index is 1.72. The predicted molar refractivity (Wildman–Crippen MR) is 80.9 cm³/mol. The number of rotatable bonds is 5. The molecule has 116 valence electrons. The van der Waals surface area contributed by atoms with Gasteiger partial charge in [-0.3, -0.25) is 9.89 Å². The summed E-state index contributed by atoms with van der Waals surface area (Å²) in [6, 6.07) is 9.95. The number of ketones is 1. The molecule has 23 heavy (non-hydrogen) atoms. The van der Waals surface area contributed by atoms with Crippen LogP contribution in [-0.2, 0) is 6.42 Å². The van der Waals surface area contributed by atoms with Crippen molar-refractivity contribution < 1.29 is 19.4 Å². The van der Waals surface area contributed by atoms with Gasteiger partial charge in [-0.2, -0.15) is 5.10 Å². The second kappa shape index (κ2) is 6.18. The Hall–Kier alpha value is -3.35. The number of furan rings is 1. The largest absolute Gasteiger partial charge is 0.508 e. The molecule has 0 saturated carbocycles. The molecule has 0 radical (unpaired) electrons. The summed E-state index contributed by atoms with van der Waals surface area (Å²) in [5.74, 6) is 0.119. The van der Waals surface area contributed by atoms with E-state index in [2.05, 4.69) is 15.2 Å². The molecular weight excluding hydrogens is 298 g/mol. The van der Waals surface area contributed by atoms with Gasteiger partial charge in [0.25, 0.3) is 0 Å². The molecule has 1 aromatic carbocycles. The van der Waals surface area contributed by atoms with E-state index in [-0.39, 0.29) is 23.1 Å². The van der Waals surface area contributed by atoms with Crippen LogP contribution in [0.1, 0.15) is 27.7 Å². The van der Waals surface area contributed by atoms with Crippen LogP contribution in [-0.4, -0.2) is 31.2 Å². The lowest BCUT2D eigenvalue weighted by Gasteiger charge is -1.98. The highest BCUT2D eigenvalue weighted by Crippen LogP contribution is 2.17. The van der Waals surface area contributed by atoms with Crippen LogP contribution >= 0.6 is 0 Å². The van der Waals surface area contributed by atoms with Gasteiger partial charge in [-0.1, -0.05) is 12.1 Å². The van der Waals surface area contributed by atoms with Gasteiger partial charge in [-0.05, 0) is 29.8 Å². The number of aromatic hydroxyl groups is 1. The second-order valence-corrected chi connectivity index (χ2v) is 4.83. The topological polar surface area (TPSA) is 112 Å². The van der Waals surface area contributed by atoms with Crippen molar-refractivity contribution in [1.82, 2.24) is 15.2 Å². The quantitative estimate of drug-likeness (QED) is 0.379. The maximum Gasteiger partial charge on any atom is 0.224 e. The number of hydrogen-bond donors (Lipinski definition) is 3. The number of nitrogens with one attached hydrogen (secondary N) is 1. The number of phenols is 1. The Kier molecular flexibility index (Phi) is 3.92. The van der Waals surface area contributed by atoms with Crippen LogP contribution in [0.2, 0.25) is 0 Å². The van der Waals surface area contributed by atoms with E-state index in [1.807, 2.05) is 0 Å². The highest BCUT2D eigenvalue weighted by atomic mass is 16.3. The molecule has 3 rings (SSSR count). The van der Waals surface area contributed by atoms with Crippen molar-refractivity contribution in [3.63, 3.8) is 0 Å². The standard InChI is InChI=1S/C16H13N3O4/c20-11-3-1-10(2-4-11)7-12-5-6-15(23-12)13(21)8-14(22)16-17-9-18-19-16/h1-6,8-9,20,22H,7H2,(H,17,18,19). The second-order valence-electron chi connectivity index (χ2n) is 4.83. The van der Waals surface area contributed by atoms with Crippen molar-refractivity contribution in [2.45, 2.75) is 6.42 Å². The summed E-state index contributed by atoms with van der Waals surface area (Å²) in [4.78, 5) is 15.8. The Morgan fingerprint density at radius 3 is 2.70 bits per heavy atom. The number of nitrogens with zero attached hydrogens (tertiary/aromatic N) is 2. The fraction of sp³-hybridized carbons (Fsp3) is 0.0625. The summed E-state index contributed by atoms with van der Waals surface area (Å²) >= 11 is 0. The molecule has 0 aliphatic carbocycles. The number of H-pyrrole nitrogens is 1. The van der Waals surface area contributed by atoms with Crippen molar-refractivity contribution in [3.05, 3.63) is 71.7 Å². The smallest absolute Gasteiger partial charge is 0.224 e. The van der Waals surface area contributed by atoms with Gasteiger partial charge in [0.05, 0.1) is 0 Å². The van der Waals surface area contributed by atoms with Gasteiger partial charge < -0.3 is 14.6 Å². The first kappa shape index (κ1) is 14.6. The molecule has 3 aromatic rings. The number of aromatic nitrogens is 3. The maximum absolute atomic E-state index is 12.0. The minimum atomic E-state index is -0.482.